The zero-order chi connectivity index (χ0) is 12.3. The molecule has 4 bridgehead atoms. The fraction of sp³-hybridized carbons (Fsp3) is 0.714. The maximum Gasteiger partial charge on any atom is 0.224 e. The number of nitrogens with zero attached hydrogens (tertiary/aromatic N) is 2. The predicted octanol–water partition coefficient (Wildman–Crippen LogP) is 4.32. The fourth-order valence-electron chi connectivity index (χ4n) is 4.99. The third-order valence-corrected chi connectivity index (χ3v) is 5.62. The highest BCUT2D eigenvalue weighted by Crippen LogP contribution is 2.59. The number of hydrogen-bond acceptors (Lipinski definition) is 2. The maximum atomic E-state index is 6.03. The second kappa shape index (κ2) is 4.08. The van der Waals surface area contributed by atoms with Crippen molar-refractivity contribution in [2.24, 2.45) is 23.7 Å². The van der Waals surface area contributed by atoms with Gasteiger partial charge < -0.3 is 0 Å². The molecule has 96 valence electrons. The molecule has 1 aromatic rings. The van der Waals surface area contributed by atoms with Crippen LogP contribution in [-0.4, -0.2) is 9.97 Å². The van der Waals surface area contributed by atoms with Crippen molar-refractivity contribution in [2.45, 2.75) is 38.0 Å². The normalized spacial score (nSPS) is 41.3. The van der Waals surface area contributed by atoms with Gasteiger partial charge in [0.05, 0.1) is 5.69 Å². The Kier molecular flexibility index (Phi) is 2.60. The van der Waals surface area contributed by atoms with Crippen molar-refractivity contribution in [3.63, 3.8) is 0 Å². The van der Waals surface area contributed by atoms with E-state index in [1.807, 2.05) is 6.07 Å². The summed E-state index contributed by atoms with van der Waals surface area (Å²) in [6, 6.07) is 1.93. The molecule has 4 aliphatic carbocycles. The van der Waals surface area contributed by atoms with Crippen LogP contribution < -0.4 is 0 Å². The van der Waals surface area contributed by atoms with E-state index < -0.39 is 0 Å². The Morgan fingerprint density at radius 2 is 1.50 bits per heavy atom. The first-order chi connectivity index (χ1) is 8.69. The summed E-state index contributed by atoms with van der Waals surface area (Å²) in [6.45, 7) is 0. The summed E-state index contributed by atoms with van der Waals surface area (Å²) in [4.78, 5) is 8.42. The van der Waals surface area contributed by atoms with Crippen molar-refractivity contribution < 1.29 is 0 Å². The number of halogens is 2. The van der Waals surface area contributed by atoms with Crippen molar-refractivity contribution in [1.82, 2.24) is 9.97 Å². The highest BCUT2D eigenvalue weighted by Gasteiger charge is 2.49. The molecule has 1 aromatic heterocycles. The van der Waals surface area contributed by atoms with Gasteiger partial charge in [-0.2, -0.15) is 0 Å². The fourth-order valence-corrected chi connectivity index (χ4v) is 5.41. The molecule has 18 heavy (non-hydrogen) atoms. The van der Waals surface area contributed by atoms with Gasteiger partial charge in [-0.05, 0) is 73.4 Å². The summed E-state index contributed by atoms with van der Waals surface area (Å²) < 4.78 is 0. The Bertz CT molecular complexity index is 440. The zero-order valence-corrected chi connectivity index (χ0v) is 11.7. The van der Waals surface area contributed by atoms with Crippen LogP contribution in [0.15, 0.2) is 6.07 Å². The van der Waals surface area contributed by atoms with Crippen LogP contribution in [0.25, 0.3) is 0 Å². The summed E-state index contributed by atoms with van der Waals surface area (Å²) in [5.41, 5.74) is 1.09. The van der Waals surface area contributed by atoms with Gasteiger partial charge in [-0.1, -0.05) is 11.6 Å². The van der Waals surface area contributed by atoms with E-state index in [-0.39, 0.29) is 0 Å². The molecule has 2 nitrogen and oxygen atoms in total. The van der Waals surface area contributed by atoms with E-state index in [2.05, 4.69) is 9.97 Å². The van der Waals surface area contributed by atoms with Crippen LogP contribution in [0, 0.1) is 23.7 Å². The Balaban J connectivity index is 1.72. The van der Waals surface area contributed by atoms with Crippen LogP contribution >= 0.6 is 23.2 Å². The Morgan fingerprint density at radius 3 is 2.06 bits per heavy atom. The van der Waals surface area contributed by atoms with Gasteiger partial charge in [-0.25, -0.2) is 9.97 Å². The summed E-state index contributed by atoms with van der Waals surface area (Å²) in [6.07, 6.45) is 7.02. The van der Waals surface area contributed by atoms with E-state index in [1.54, 1.807) is 0 Å². The van der Waals surface area contributed by atoms with Crippen LogP contribution in [0.2, 0.25) is 10.4 Å². The van der Waals surface area contributed by atoms with Crippen molar-refractivity contribution in [3.05, 3.63) is 22.2 Å². The minimum atomic E-state index is 0.298. The van der Waals surface area contributed by atoms with Crippen LogP contribution in [0.4, 0.5) is 0 Å². The van der Waals surface area contributed by atoms with Gasteiger partial charge in [0, 0.05) is 5.92 Å². The molecule has 1 heterocycles. The molecular formula is C14H16Cl2N2. The van der Waals surface area contributed by atoms with E-state index in [0.717, 1.165) is 29.4 Å². The molecule has 0 spiro atoms. The highest BCUT2D eigenvalue weighted by molar-refractivity contribution is 6.31. The molecule has 0 saturated heterocycles. The lowest BCUT2D eigenvalue weighted by Gasteiger charge is -2.54. The molecule has 4 heteroatoms. The van der Waals surface area contributed by atoms with E-state index >= 15 is 0 Å². The molecule has 4 aliphatic rings. The van der Waals surface area contributed by atoms with Gasteiger partial charge in [0.15, 0.2) is 0 Å². The lowest BCUT2D eigenvalue weighted by Crippen LogP contribution is -2.44. The first-order valence-electron chi connectivity index (χ1n) is 6.89. The summed E-state index contributed by atoms with van der Waals surface area (Å²) in [7, 11) is 0. The summed E-state index contributed by atoms with van der Waals surface area (Å²) in [5, 5.41) is 0.783. The molecule has 0 N–H and O–H groups in total. The van der Waals surface area contributed by atoms with Gasteiger partial charge in [-0.3, -0.25) is 0 Å². The van der Waals surface area contributed by atoms with Crippen LogP contribution in [0.3, 0.4) is 0 Å². The monoisotopic (exact) mass is 282 g/mol. The van der Waals surface area contributed by atoms with E-state index in [9.17, 15) is 0 Å². The Hall–Kier alpha value is -0.340. The third kappa shape index (κ3) is 1.77. The zero-order valence-electron chi connectivity index (χ0n) is 10.1. The molecule has 0 radical (unpaired) electrons. The van der Waals surface area contributed by atoms with Gasteiger partial charge in [0.2, 0.25) is 5.28 Å². The second-order valence-corrected chi connectivity index (χ2v) is 7.07. The molecule has 4 saturated carbocycles. The maximum absolute atomic E-state index is 6.03. The predicted molar refractivity (Wildman–Crippen MR) is 71.8 cm³/mol. The number of aromatic nitrogens is 2. The molecule has 4 fully saturated rings. The minimum absolute atomic E-state index is 0.298. The molecule has 0 atom stereocenters. The topological polar surface area (TPSA) is 25.8 Å². The number of hydrogen-bond donors (Lipinski definition) is 0. The van der Waals surface area contributed by atoms with Gasteiger partial charge in [-0.15, -0.1) is 0 Å². The average Bonchev–Trinajstić information content (AvgIpc) is 2.25. The van der Waals surface area contributed by atoms with Crippen molar-refractivity contribution in [1.29, 1.82) is 0 Å². The standard InChI is InChI=1S/C14H16Cl2N2/c15-12-6-11(17-14(16)18-12)13-9-2-7-1-8(4-9)5-10(13)3-7/h6-10,13H,1-5H2. The van der Waals surface area contributed by atoms with Crippen LogP contribution in [0.1, 0.15) is 43.7 Å². The Labute approximate surface area is 117 Å². The molecule has 0 amide bonds. The largest absolute Gasteiger partial charge is 0.224 e. The molecule has 0 aliphatic heterocycles. The third-order valence-electron chi connectivity index (χ3n) is 5.26. The molecule has 5 rings (SSSR count). The summed E-state index contributed by atoms with van der Waals surface area (Å²) in [5.74, 6) is 4.16. The van der Waals surface area contributed by atoms with Gasteiger partial charge in [0.25, 0.3) is 0 Å². The van der Waals surface area contributed by atoms with Crippen molar-refractivity contribution in [3.8, 4) is 0 Å². The number of rotatable bonds is 1. The van der Waals surface area contributed by atoms with Crippen molar-refractivity contribution >= 4 is 23.2 Å². The lowest BCUT2D eigenvalue weighted by atomic mass is 9.51. The average molecular weight is 283 g/mol. The SMILES string of the molecule is Clc1cc(C2C3CC4CC(C3)CC2C4)nc(Cl)n1. The first-order valence-corrected chi connectivity index (χ1v) is 7.64. The second-order valence-electron chi connectivity index (χ2n) is 6.34. The molecule has 0 aromatic carbocycles. The minimum Gasteiger partial charge on any atom is -0.223 e. The first kappa shape index (κ1) is 11.5. The Morgan fingerprint density at radius 1 is 0.889 bits per heavy atom. The summed E-state index contributed by atoms with van der Waals surface area (Å²) >= 11 is 12.0. The van der Waals surface area contributed by atoms with Crippen LogP contribution in [-0.2, 0) is 0 Å². The lowest BCUT2D eigenvalue weighted by molar-refractivity contribution is -0.00418. The molecule has 0 unspecified atom stereocenters. The van der Waals surface area contributed by atoms with E-state index in [1.165, 1.54) is 32.1 Å². The van der Waals surface area contributed by atoms with Gasteiger partial charge in [0.1, 0.15) is 5.15 Å². The highest BCUT2D eigenvalue weighted by atomic mass is 35.5. The van der Waals surface area contributed by atoms with Gasteiger partial charge >= 0.3 is 0 Å². The quantitative estimate of drug-likeness (QED) is 0.566. The molecular weight excluding hydrogens is 267 g/mol. The smallest absolute Gasteiger partial charge is 0.223 e. The van der Waals surface area contributed by atoms with Crippen LogP contribution in [0.5, 0.6) is 0 Å². The van der Waals surface area contributed by atoms with E-state index in [4.69, 9.17) is 23.2 Å². The van der Waals surface area contributed by atoms with Crippen molar-refractivity contribution in [2.75, 3.05) is 0 Å². The van der Waals surface area contributed by atoms with E-state index in [0.29, 0.717) is 16.4 Å².